The van der Waals surface area contributed by atoms with Gasteiger partial charge < -0.3 is 4.98 Å². The first kappa shape index (κ1) is 9.19. The fraction of sp³-hybridized carbons (Fsp3) is 0.364. The van der Waals surface area contributed by atoms with E-state index in [0.717, 1.165) is 11.0 Å². The first-order chi connectivity index (χ1) is 6.63. The Kier molecular flexibility index (Phi) is 2.02. The smallest absolute Gasteiger partial charge is 0.165 e. The molecule has 1 atom stereocenters. The van der Waals surface area contributed by atoms with Crippen molar-refractivity contribution in [3.63, 3.8) is 0 Å². The summed E-state index contributed by atoms with van der Waals surface area (Å²) in [4.78, 5) is 7.23. The summed E-state index contributed by atoms with van der Waals surface area (Å²) in [5.74, 6) is 0.418. The van der Waals surface area contributed by atoms with Crippen molar-refractivity contribution in [2.24, 2.45) is 0 Å². The number of halogens is 1. The van der Waals surface area contributed by atoms with Crippen molar-refractivity contribution < 1.29 is 4.39 Å². The molecule has 0 fully saturated rings. The zero-order valence-corrected chi connectivity index (χ0v) is 8.34. The third kappa shape index (κ3) is 1.39. The number of fused-ring (bicyclic) bond motifs is 1. The van der Waals surface area contributed by atoms with Gasteiger partial charge in [-0.25, -0.2) is 9.37 Å². The number of H-pyrrole nitrogens is 1. The molecule has 74 valence electrons. The molecule has 2 rings (SSSR count). The topological polar surface area (TPSA) is 28.7 Å². The number of hydrogen-bond donors (Lipinski definition) is 1. The lowest BCUT2D eigenvalue weighted by molar-refractivity contribution is 0.173. The van der Waals surface area contributed by atoms with Crippen molar-refractivity contribution in [1.29, 1.82) is 0 Å². The van der Waals surface area contributed by atoms with Gasteiger partial charge in [-0.15, -0.1) is 0 Å². The number of rotatable bonds is 2. The van der Waals surface area contributed by atoms with Crippen LogP contribution in [0.3, 0.4) is 0 Å². The van der Waals surface area contributed by atoms with Gasteiger partial charge in [0.05, 0.1) is 11.0 Å². The molecule has 0 aliphatic heterocycles. The monoisotopic (exact) mass is 192 g/mol. The van der Waals surface area contributed by atoms with Gasteiger partial charge >= 0.3 is 0 Å². The van der Waals surface area contributed by atoms with Crippen LogP contribution in [0.4, 0.5) is 4.39 Å². The summed E-state index contributed by atoms with van der Waals surface area (Å²) in [5, 5.41) is 0. The van der Waals surface area contributed by atoms with E-state index >= 15 is 0 Å². The highest BCUT2D eigenvalue weighted by molar-refractivity contribution is 5.74. The van der Waals surface area contributed by atoms with E-state index in [1.165, 1.54) is 0 Å². The second-order valence-electron chi connectivity index (χ2n) is 3.65. The number of hydrogen-bond acceptors (Lipinski definition) is 1. The van der Waals surface area contributed by atoms with Gasteiger partial charge in [0.2, 0.25) is 0 Å². The SMILES string of the molecule is CCC(C)(F)c1nc2ccccc2[nH]1. The molecule has 0 spiro atoms. The van der Waals surface area contributed by atoms with Gasteiger partial charge in [0.15, 0.2) is 5.67 Å². The van der Waals surface area contributed by atoms with Crippen molar-refractivity contribution in [2.75, 3.05) is 0 Å². The normalized spacial score (nSPS) is 15.6. The molecule has 1 aromatic carbocycles. The van der Waals surface area contributed by atoms with E-state index in [1.807, 2.05) is 31.2 Å². The molecule has 14 heavy (non-hydrogen) atoms. The third-order valence-electron chi connectivity index (χ3n) is 2.55. The number of nitrogens with one attached hydrogen (secondary N) is 1. The molecule has 0 aliphatic carbocycles. The third-order valence-corrected chi connectivity index (χ3v) is 2.55. The number of alkyl halides is 1. The maximum absolute atomic E-state index is 13.9. The van der Waals surface area contributed by atoms with Gasteiger partial charge in [0, 0.05) is 0 Å². The molecule has 0 saturated heterocycles. The molecule has 1 unspecified atom stereocenters. The molecule has 0 bridgehead atoms. The molecular formula is C11H13FN2. The van der Waals surface area contributed by atoms with Gasteiger partial charge in [-0.2, -0.15) is 0 Å². The number of aromatic nitrogens is 2. The number of aromatic amines is 1. The maximum atomic E-state index is 13.9. The summed E-state index contributed by atoms with van der Waals surface area (Å²) in [6.45, 7) is 3.36. The summed E-state index contributed by atoms with van der Waals surface area (Å²) in [6, 6.07) is 7.58. The van der Waals surface area contributed by atoms with Crippen LogP contribution in [0.2, 0.25) is 0 Å². The highest BCUT2D eigenvalue weighted by Gasteiger charge is 2.26. The molecule has 0 aliphatic rings. The zero-order chi connectivity index (χ0) is 10.2. The number of nitrogens with zero attached hydrogens (tertiary/aromatic N) is 1. The van der Waals surface area contributed by atoms with E-state index in [-0.39, 0.29) is 0 Å². The van der Waals surface area contributed by atoms with Gasteiger partial charge in [-0.05, 0) is 25.5 Å². The fourth-order valence-corrected chi connectivity index (χ4v) is 1.37. The van der Waals surface area contributed by atoms with Crippen molar-refractivity contribution in [2.45, 2.75) is 25.9 Å². The summed E-state index contributed by atoms with van der Waals surface area (Å²) in [7, 11) is 0. The molecular weight excluding hydrogens is 179 g/mol. The molecule has 0 saturated carbocycles. The van der Waals surface area contributed by atoms with Crippen LogP contribution in [0.25, 0.3) is 11.0 Å². The molecule has 2 aromatic rings. The van der Waals surface area contributed by atoms with Crippen molar-refractivity contribution >= 4 is 11.0 Å². The fourth-order valence-electron chi connectivity index (χ4n) is 1.37. The van der Waals surface area contributed by atoms with Crippen LogP contribution in [0.5, 0.6) is 0 Å². The summed E-state index contributed by atoms with van der Waals surface area (Å²) in [6.07, 6.45) is 0.423. The number of para-hydroxylation sites is 2. The number of imidazole rings is 1. The van der Waals surface area contributed by atoms with Gasteiger partial charge in [-0.1, -0.05) is 19.1 Å². The lowest BCUT2D eigenvalue weighted by Gasteiger charge is -2.13. The van der Waals surface area contributed by atoms with Gasteiger partial charge in [0.25, 0.3) is 0 Å². The second-order valence-corrected chi connectivity index (χ2v) is 3.65. The highest BCUT2D eigenvalue weighted by Crippen LogP contribution is 2.27. The van der Waals surface area contributed by atoms with Gasteiger partial charge in [-0.3, -0.25) is 0 Å². The molecule has 1 N–H and O–H groups in total. The maximum Gasteiger partial charge on any atom is 0.165 e. The van der Waals surface area contributed by atoms with E-state index in [1.54, 1.807) is 6.92 Å². The Labute approximate surface area is 82.2 Å². The Balaban J connectivity index is 2.55. The van der Waals surface area contributed by atoms with Crippen LogP contribution in [-0.4, -0.2) is 9.97 Å². The molecule has 2 nitrogen and oxygen atoms in total. The Hall–Kier alpha value is -1.38. The quantitative estimate of drug-likeness (QED) is 0.777. The van der Waals surface area contributed by atoms with Crippen LogP contribution in [0.15, 0.2) is 24.3 Å². The zero-order valence-electron chi connectivity index (χ0n) is 8.34. The average Bonchev–Trinajstić information content (AvgIpc) is 2.61. The minimum atomic E-state index is -1.36. The largest absolute Gasteiger partial charge is 0.339 e. The van der Waals surface area contributed by atoms with Crippen LogP contribution in [0, 0.1) is 0 Å². The van der Waals surface area contributed by atoms with Gasteiger partial charge in [0.1, 0.15) is 5.82 Å². The van der Waals surface area contributed by atoms with Crippen LogP contribution < -0.4 is 0 Å². The molecule has 1 aromatic heterocycles. The lowest BCUT2D eigenvalue weighted by atomic mass is 10.1. The molecule has 0 amide bonds. The molecule has 0 radical (unpaired) electrons. The molecule has 3 heteroatoms. The molecule has 1 heterocycles. The number of benzene rings is 1. The van der Waals surface area contributed by atoms with E-state index in [2.05, 4.69) is 9.97 Å². The summed E-state index contributed by atoms with van der Waals surface area (Å²) >= 11 is 0. The lowest BCUT2D eigenvalue weighted by Crippen LogP contribution is -2.15. The Morgan fingerprint density at radius 2 is 2.14 bits per heavy atom. The van der Waals surface area contributed by atoms with Crippen LogP contribution in [-0.2, 0) is 5.67 Å². The van der Waals surface area contributed by atoms with E-state index < -0.39 is 5.67 Å². The second kappa shape index (κ2) is 3.08. The van der Waals surface area contributed by atoms with E-state index in [0.29, 0.717) is 12.2 Å². The van der Waals surface area contributed by atoms with Crippen LogP contribution in [0.1, 0.15) is 26.1 Å². The summed E-state index contributed by atoms with van der Waals surface area (Å²) < 4.78 is 13.9. The van der Waals surface area contributed by atoms with Crippen molar-refractivity contribution in [3.8, 4) is 0 Å². The average molecular weight is 192 g/mol. The Bertz CT molecular complexity index is 412. The van der Waals surface area contributed by atoms with Crippen molar-refractivity contribution in [1.82, 2.24) is 9.97 Å². The minimum Gasteiger partial charge on any atom is -0.339 e. The highest BCUT2D eigenvalue weighted by atomic mass is 19.1. The predicted octanol–water partition coefficient (Wildman–Crippen LogP) is 3.16. The van der Waals surface area contributed by atoms with Crippen LogP contribution >= 0.6 is 0 Å². The standard InChI is InChI=1S/C11H13FN2/c1-3-11(2,12)10-13-8-6-4-5-7-9(8)14-10/h4-7H,3H2,1-2H3,(H,13,14). The van der Waals surface area contributed by atoms with Crippen molar-refractivity contribution in [3.05, 3.63) is 30.1 Å². The first-order valence-electron chi connectivity index (χ1n) is 4.77. The Morgan fingerprint density at radius 3 is 2.79 bits per heavy atom. The Morgan fingerprint density at radius 1 is 1.43 bits per heavy atom. The minimum absolute atomic E-state index is 0.418. The predicted molar refractivity (Wildman–Crippen MR) is 54.8 cm³/mol. The van der Waals surface area contributed by atoms with E-state index in [4.69, 9.17) is 0 Å². The van der Waals surface area contributed by atoms with E-state index in [9.17, 15) is 4.39 Å². The first-order valence-corrected chi connectivity index (χ1v) is 4.77. The summed E-state index contributed by atoms with van der Waals surface area (Å²) in [5.41, 5.74) is 0.346.